The Bertz CT molecular complexity index is 906. The van der Waals surface area contributed by atoms with E-state index in [1.54, 1.807) is 13.8 Å². The summed E-state index contributed by atoms with van der Waals surface area (Å²) in [5.41, 5.74) is -0.727. The number of alkyl halides is 3. The molecule has 0 aliphatic rings. The highest BCUT2D eigenvalue weighted by Gasteiger charge is 2.33. The van der Waals surface area contributed by atoms with E-state index in [-0.39, 0.29) is 24.5 Å². The molecular formula is C16H18ClF3N6O4. The fraction of sp³-hybridized carbons (Fsp3) is 0.438. The van der Waals surface area contributed by atoms with Crippen LogP contribution in [0.5, 0.6) is 5.75 Å². The highest BCUT2D eigenvalue weighted by molar-refractivity contribution is 6.37. The average molecular weight is 451 g/mol. The molecule has 0 spiro atoms. The minimum atomic E-state index is -5.04. The van der Waals surface area contributed by atoms with E-state index in [0.29, 0.717) is 13.2 Å². The lowest BCUT2D eigenvalue weighted by Crippen LogP contribution is -2.22. The summed E-state index contributed by atoms with van der Waals surface area (Å²) >= 11 is 6.14. The molecule has 0 aliphatic carbocycles. The number of hydrogen-bond donors (Lipinski definition) is 2. The van der Waals surface area contributed by atoms with Crippen molar-refractivity contribution in [2.75, 3.05) is 23.8 Å². The Labute approximate surface area is 173 Å². The Morgan fingerprint density at radius 1 is 1.23 bits per heavy atom. The van der Waals surface area contributed by atoms with Crippen LogP contribution in [0.2, 0.25) is 5.02 Å². The van der Waals surface area contributed by atoms with Gasteiger partial charge in [0.1, 0.15) is 5.69 Å². The summed E-state index contributed by atoms with van der Waals surface area (Å²) in [6.45, 7) is 4.23. The van der Waals surface area contributed by atoms with Crippen LogP contribution in [-0.2, 0) is 16.1 Å². The molecule has 10 nitrogen and oxygen atoms in total. The number of benzene rings is 1. The number of aromatic nitrogens is 4. The zero-order chi connectivity index (χ0) is 22.3. The van der Waals surface area contributed by atoms with Crippen LogP contribution in [0, 0.1) is 0 Å². The molecule has 1 aromatic carbocycles. The van der Waals surface area contributed by atoms with Crippen molar-refractivity contribution < 1.29 is 32.2 Å². The first-order chi connectivity index (χ1) is 14.2. The molecule has 0 saturated heterocycles. The van der Waals surface area contributed by atoms with E-state index < -0.39 is 34.6 Å². The van der Waals surface area contributed by atoms with Gasteiger partial charge in [-0.2, -0.15) is 0 Å². The standard InChI is InChI=1S/C16H18ClF3N6O4/c1-3-26-15(23-24-25-26)22-14(28)9-5-6-10(30-16(18,19)20)13(12(9)17)21-11(27)7-8-29-4-2/h5-6H,3-4,7-8H2,1-2H3,(H,21,27)(H,22,23,25,28). The second-order valence-electron chi connectivity index (χ2n) is 5.62. The van der Waals surface area contributed by atoms with Gasteiger partial charge in [0.25, 0.3) is 5.91 Å². The summed E-state index contributed by atoms with van der Waals surface area (Å²) in [6, 6.07) is 1.89. The van der Waals surface area contributed by atoms with Crippen LogP contribution in [0.25, 0.3) is 0 Å². The molecule has 2 N–H and O–H groups in total. The molecule has 1 heterocycles. The van der Waals surface area contributed by atoms with Crippen molar-refractivity contribution >= 4 is 35.1 Å². The second-order valence-corrected chi connectivity index (χ2v) is 5.99. The topological polar surface area (TPSA) is 120 Å². The van der Waals surface area contributed by atoms with E-state index in [2.05, 4.69) is 30.9 Å². The van der Waals surface area contributed by atoms with Crippen LogP contribution < -0.4 is 15.4 Å². The Kier molecular flexibility index (Phi) is 7.94. The van der Waals surface area contributed by atoms with Crippen molar-refractivity contribution in [3.63, 3.8) is 0 Å². The van der Waals surface area contributed by atoms with Gasteiger partial charge in [-0.15, -0.1) is 13.2 Å². The number of tetrazole rings is 1. The molecule has 0 saturated carbocycles. The molecule has 0 aliphatic heterocycles. The molecular weight excluding hydrogens is 433 g/mol. The number of anilines is 2. The molecule has 0 radical (unpaired) electrons. The summed E-state index contributed by atoms with van der Waals surface area (Å²) < 4.78 is 48.4. The molecule has 0 fully saturated rings. The molecule has 0 unspecified atom stereocenters. The lowest BCUT2D eigenvalue weighted by Gasteiger charge is -2.17. The van der Waals surface area contributed by atoms with Gasteiger partial charge in [0.15, 0.2) is 5.75 Å². The van der Waals surface area contributed by atoms with Crippen LogP contribution in [-0.4, -0.2) is 51.6 Å². The van der Waals surface area contributed by atoms with E-state index in [1.807, 2.05) is 0 Å². The summed E-state index contributed by atoms with van der Waals surface area (Å²) in [6.07, 6.45) is -5.18. The summed E-state index contributed by atoms with van der Waals surface area (Å²) in [5.74, 6) is -2.23. The van der Waals surface area contributed by atoms with Gasteiger partial charge in [0, 0.05) is 13.2 Å². The van der Waals surface area contributed by atoms with Crippen molar-refractivity contribution in [2.24, 2.45) is 0 Å². The predicted octanol–water partition coefficient (Wildman–Crippen LogP) is 2.86. The van der Waals surface area contributed by atoms with Gasteiger partial charge in [0.05, 0.1) is 23.6 Å². The molecule has 0 atom stereocenters. The van der Waals surface area contributed by atoms with E-state index in [1.165, 1.54) is 4.68 Å². The maximum Gasteiger partial charge on any atom is 0.573 e. The molecule has 14 heteroatoms. The van der Waals surface area contributed by atoms with Crippen LogP contribution in [0.1, 0.15) is 30.6 Å². The molecule has 164 valence electrons. The fourth-order valence-electron chi connectivity index (χ4n) is 2.25. The van der Waals surface area contributed by atoms with Crippen molar-refractivity contribution in [2.45, 2.75) is 33.2 Å². The van der Waals surface area contributed by atoms with E-state index >= 15 is 0 Å². The Morgan fingerprint density at radius 2 is 1.97 bits per heavy atom. The molecule has 2 aromatic rings. The van der Waals surface area contributed by atoms with Gasteiger partial charge in [-0.25, -0.2) is 4.68 Å². The SMILES string of the molecule is CCOCCC(=O)Nc1c(OC(F)(F)F)ccc(C(=O)Nc2nnnn2CC)c1Cl. The summed E-state index contributed by atoms with van der Waals surface area (Å²) in [4.78, 5) is 24.6. The van der Waals surface area contributed by atoms with Crippen molar-refractivity contribution in [1.82, 2.24) is 20.2 Å². The van der Waals surface area contributed by atoms with E-state index in [4.69, 9.17) is 16.3 Å². The molecule has 1 aromatic heterocycles. The Hall–Kier alpha value is -2.93. The minimum Gasteiger partial charge on any atom is -0.404 e. The number of amides is 2. The van der Waals surface area contributed by atoms with Gasteiger partial charge in [-0.1, -0.05) is 16.7 Å². The third kappa shape index (κ3) is 6.29. The van der Waals surface area contributed by atoms with Crippen molar-refractivity contribution in [3.8, 4) is 5.75 Å². The minimum absolute atomic E-state index is 0.0106. The van der Waals surface area contributed by atoms with Crippen LogP contribution in [0.15, 0.2) is 12.1 Å². The van der Waals surface area contributed by atoms with Gasteiger partial charge in [-0.3, -0.25) is 14.9 Å². The first-order valence-electron chi connectivity index (χ1n) is 8.69. The number of carbonyl (C=O) groups is 2. The van der Waals surface area contributed by atoms with Crippen LogP contribution in [0.4, 0.5) is 24.8 Å². The number of hydrogen-bond acceptors (Lipinski definition) is 7. The number of carbonyl (C=O) groups excluding carboxylic acids is 2. The number of rotatable bonds is 9. The normalized spacial score (nSPS) is 11.3. The molecule has 30 heavy (non-hydrogen) atoms. The second kappa shape index (κ2) is 10.2. The van der Waals surface area contributed by atoms with Gasteiger partial charge >= 0.3 is 6.36 Å². The monoisotopic (exact) mass is 450 g/mol. The number of aryl methyl sites for hydroxylation is 1. The third-order valence-electron chi connectivity index (χ3n) is 3.57. The predicted molar refractivity (Wildman–Crippen MR) is 99.3 cm³/mol. The van der Waals surface area contributed by atoms with Crippen LogP contribution >= 0.6 is 11.6 Å². The summed E-state index contributed by atoms with van der Waals surface area (Å²) in [7, 11) is 0. The van der Waals surface area contributed by atoms with Crippen molar-refractivity contribution in [3.05, 3.63) is 22.7 Å². The fourth-order valence-corrected chi connectivity index (χ4v) is 2.54. The van der Waals surface area contributed by atoms with Gasteiger partial charge < -0.3 is 14.8 Å². The Morgan fingerprint density at radius 3 is 2.60 bits per heavy atom. The summed E-state index contributed by atoms with van der Waals surface area (Å²) in [5, 5.41) is 14.9. The maximum absolute atomic E-state index is 12.7. The quantitative estimate of drug-likeness (QED) is 0.563. The van der Waals surface area contributed by atoms with E-state index in [9.17, 15) is 22.8 Å². The first-order valence-corrected chi connectivity index (χ1v) is 9.07. The number of nitrogens with one attached hydrogen (secondary N) is 2. The zero-order valence-corrected chi connectivity index (χ0v) is 16.7. The number of halogens is 4. The highest BCUT2D eigenvalue weighted by atomic mass is 35.5. The molecule has 0 bridgehead atoms. The number of nitrogens with zero attached hydrogens (tertiary/aromatic N) is 4. The largest absolute Gasteiger partial charge is 0.573 e. The van der Waals surface area contributed by atoms with Gasteiger partial charge in [0.2, 0.25) is 11.9 Å². The van der Waals surface area contributed by atoms with Crippen LogP contribution in [0.3, 0.4) is 0 Å². The highest BCUT2D eigenvalue weighted by Crippen LogP contribution is 2.38. The average Bonchev–Trinajstić information content (AvgIpc) is 3.10. The Balaban J connectivity index is 2.33. The van der Waals surface area contributed by atoms with E-state index in [0.717, 1.165) is 12.1 Å². The van der Waals surface area contributed by atoms with Crippen molar-refractivity contribution in [1.29, 1.82) is 0 Å². The first kappa shape index (κ1) is 23.3. The lowest BCUT2D eigenvalue weighted by molar-refractivity contribution is -0.274. The third-order valence-corrected chi connectivity index (χ3v) is 3.97. The zero-order valence-electron chi connectivity index (χ0n) is 15.9. The number of ether oxygens (including phenoxy) is 2. The molecule has 2 amide bonds. The lowest BCUT2D eigenvalue weighted by atomic mass is 10.1. The maximum atomic E-state index is 12.7. The smallest absolute Gasteiger partial charge is 0.404 e. The molecule has 2 rings (SSSR count). The van der Waals surface area contributed by atoms with Gasteiger partial charge in [-0.05, 0) is 36.4 Å².